The van der Waals surface area contributed by atoms with Crippen molar-refractivity contribution < 1.29 is 12.9 Å². The molecule has 0 unspecified atom stereocenters. The number of nitrogens with zero attached hydrogens (tertiary/aromatic N) is 3. The van der Waals surface area contributed by atoms with Crippen LogP contribution in [0.1, 0.15) is 5.89 Å². The van der Waals surface area contributed by atoms with E-state index in [0.29, 0.717) is 32.4 Å². The average molecular weight is 398 g/mol. The van der Waals surface area contributed by atoms with Gasteiger partial charge in [0.1, 0.15) is 6.54 Å². The Balaban J connectivity index is 1.56. The van der Waals surface area contributed by atoms with Gasteiger partial charge in [-0.15, -0.1) is 0 Å². The van der Waals surface area contributed by atoms with Crippen LogP contribution in [0.2, 0.25) is 5.02 Å². The second-order valence-electron chi connectivity index (χ2n) is 6.13. The molecule has 0 amide bonds. The Bertz CT molecular complexity index is 1300. The van der Waals surface area contributed by atoms with Crippen LogP contribution in [0.3, 0.4) is 0 Å². The molecule has 6 nitrogen and oxygen atoms in total. The number of sulfonamides is 1. The molecule has 0 saturated carbocycles. The summed E-state index contributed by atoms with van der Waals surface area (Å²) < 4.78 is 32.6. The van der Waals surface area contributed by atoms with Gasteiger partial charge in [-0.1, -0.05) is 53.2 Å². The summed E-state index contributed by atoms with van der Waals surface area (Å²) in [6.45, 7) is -0.0480. The van der Waals surface area contributed by atoms with Crippen LogP contribution >= 0.6 is 11.6 Å². The van der Waals surface area contributed by atoms with Crippen molar-refractivity contribution in [1.29, 1.82) is 0 Å². The van der Waals surface area contributed by atoms with Crippen LogP contribution in [0.4, 0.5) is 5.69 Å². The smallest absolute Gasteiger partial charge is 0.265 e. The van der Waals surface area contributed by atoms with Crippen molar-refractivity contribution in [1.82, 2.24) is 10.1 Å². The van der Waals surface area contributed by atoms with E-state index in [1.54, 1.807) is 30.3 Å². The summed E-state index contributed by atoms with van der Waals surface area (Å²) in [5.41, 5.74) is 1.24. The minimum atomic E-state index is -3.68. The Morgan fingerprint density at radius 3 is 2.59 bits per heavy atom. The topological polar surface area (TPSA) is 76.3 Å². The highest BCUT2D eigenvalue weighted by molar-refractivity contribution is 7.93. The van der Waals surface area contributed by atoms with E-state index in [1.807, 2.05) is 30.3 Å². The van der Waals surface area contributed by atoms with Crippen LogP contribution in [-0.4, -0.2) is 18.6 Å². The summed E-state index contributed by atoms with van der Waals surface area (Å²) in [5, 5.41) is 6.03. The van der Waals surface area contributed by atoms with Crippen LogP contribution in [0.25, 0.3) is 22.2 Å². The fraction of sp³-hybridized carbons (Fsp3) is 0.0526. The molecule has 0 radical (unpaired) electrons. The third kappa shape index (κ3) is 2.43. The number of hydrogen-bond acceptors (Lipinski definition) is 5. The minimum absolute atomic E-state index is 0.0480. The van der Waals surface area contributed by atoms with Crippen molar-refractivity contribution in [2.45, 2.75) is 11.4 Å². The lowest BCUT2D eigenvalue weighted by Crippen LogP contribution is -2.26. The van der Waals surface area contributed by atoms with Crippen molar-refractivity contribution in [3.63, 3.8) is 0 Å². The van der Waals surface area contributed by atoms with Crippen molar-refractivity contribution in [2.75, 3.05) is 4.31 Å². The monoisotopic (exact) mass is 397 g/mol. The van der Waals surface area contributed by atoms with Crippen molar-refractivity contribution >= 4 is 38.1 Å². The zero-order chi connectivity index (χ0) is 18.6. The Morgan fingerprint density at radius 1 is 1.00 bits per heavy atom. The van der Waals surface area contributed by atoms with E-state index in [9.17, 15) is 8.42 Å². The molecule has 0 fully saturated rings. The van der Waals surface area contributed by atoms with Crippen LogP contribution in [0.15, 0.2) is 70.1 Å². The first-order valence-corrected chi connectivity index (χ1v) is 9.99. The third-order valence-electron chi connectivity index (χ3n) is 4.54. The van der Waals surface area contributed by atoms with E-state index in [2.05, 4.69) is 10.1 Å². The Kier molecular flexibility index (Phi) is 3.50. The lowest BCUT2D eigenvalue weighted by Gasteiger charge is -2.16. The maximum atomic E-state index is 13.0. The van der Waals surface area contributed by atoms with Gasteiger partial charge in [-0.3, -0.25) is 4.31 Å². The van der Waals surface area contributed by atoms with E-state index in [4.69, 9.17) is 16.1 Å². The standard InChI is InChI=1S/C19H12ClN3O3S/c20-14-8-2-1-7-13(14)19-21-17(26-22-19)11-23-15-9-3-5-12-6-4-10-16(18(12)15)27(23,24)25/h1-10H,11H2. The normalized spacial score (nSPS) is 14.8. The summed E-state index contributed by atoms with van der Waals surface area (Å²) in [6, 6.07) is 17.9. The molecular formula is C19H12ClN3O3S. The molecule has 0 aliphatic carbocycles. The summed E-state index contributed by atoms with van der Waals surface area (Å²) >= 11 is 6.17. The van der Waals surface area contributed by atoms with Gasteiger partial charge in [0.2, 0.25) is 11.7 Å². The molecule has 4 aromatic rings. The molecule has 0 N–H and O–H groups in total. The Morgan fingerprint density at radius 2 is 1.78 bits per heavy atom. The van der Waals surface area contributed by atoms with Crippen molar-refractivity contribution in [3.05, 3.63) is 71.6 Å². The van der Waals surface area contributed by atoms with Gasteiger partial charge in [0.25, 0.3) is 10.0 Å². The van der Waals surface area contributed by atoms with E-state index in [-0.39, 0.29) is 12.4 Å². The predicted molar refractivity (Wildman–Crippen MR) is 102 cm³/mol. The number of hydrogen-bond donors (Lipinski definition) is 0. The lowest BCUT2D eigenvalue weighted by atomic mass is 10.1. The summed E-state index contributed by atoms with van der Waals surface area (Å²) in [6.07, 6.45) is 0. The molecule has 0 saturated heterocycles. The van der Waals surface area contributed by atoms with Gasteiger partial charge >= 0.3 is 0 Å². The molecule has 8 heteroatoms. The van der Waals surface area contributed by atoms with Gasteiger partial charge < -0.3 is 4.52 Å². The highest BCUT2D eigenvalue weighted by Gasteiger charge is 2.36. The van der Waals surface area contributed by atoms with Gasteiger partial charge in [-0.2, -0.15) is 4.98 Å². The van der Waals surface area contributed by atoms with Crippen LogP contribution in [0.5, 0.6) is 0 Å². The van der Waals surface area contributed by atoms with E-state index < -0.39 is 10.0 Å². The average Bonchev–Trinajstić information content (AvgIpc) is 3.21. The molecule has 0 atom stereocenters. The van der Waals surface area contributed by atoms with Crippen molar-refractivity contribution in [2.24, 2.45) is 0 Å². The fourth-order valence-electron chi connectivity index (χ4n) is 3.32. The van der Waals surface area contributed by atoms with Crippen molar-refractivity contribution in [3.8, 4) is 11.4 Å². The zero-order valence-electron chi connectivity index (χ0n) is 13.8. The summed E-state index contributed by atoms with van der Waals surface area (Å²) in [7, 11) is -3.68. The molecule has 5 rings (SSSR count). The van der Waals surface area contributed by atoms with Gasteiger partial charge in [-0.25, -0.2) is 8.42 Å². The third-order valence-corrected chi connectivity index (χ3v) is 6.67. The van der Waals surface area contributed by atoms with Gasteiger partial charge in [0.15, 0.2) is 0 Å². The molecule has 27 heavy (non-hydrogen) atoms. The van der Waals surface area contributed by atoms with E-state index >= 15 is 0 Å². The molecule has 2 heterocycles. The lowest BCUT2D eigenvalue weighted by molar-refractivity contribution is 0.380. The predicted octanol–water partition coefficient (Wildman–Crippen LogP) is 4.25. The molecule has 134 valence electrons. The second kappa shape index (κ2) is 5.80. The van der Waals surface area contributed by atoms with Gasteiger partial charge in [0.05, 0.1) is 15.6 Å². The maximum absolute atomic E-state index is 13.0. The Hall–Kier alpha value is -2.90. The van der Waals surface area contributed by atoms with Crippen LogP contribution in [-0.2, 0) is 16.6 Å². The summed E-state index contributed by atoms with van der Waals surface area (Å²) in [5.74, 6) is 0.515. The van der Waals surface area contributed by atoms with E-state index in [1.165, 1.54) is 4.31 Å². The quantitative estimate of drug-likeness (QED) is 0.516. The minimum Gasteiger partial charge on any atom is -0.337 e. The first-order valence-electron chi connectivity index (χ1n) is 8.18. The number of benzene rings is 3. The number of anilines is 1. The summed E-state index contributed by atoms with van der Waals surface area (Å²) in [4.78, 5) is 4.62. The number of aromatic nitrogens is 2. The Labute approximate surface area is 160 Å². The largest absolute Gasteiger partial charge is 0.337 e. The van der Waals surface area contributed by atoms with Crippen LogP contribution in [0, 0.1) is 0 Å². The zero-order valence-corrected chi connectivity index (χ0v) is 15.4. The van der Waals surface area contributed by atoms with Crippen LogP contribution < -0.4 is 4.31 Å². The molecule has 3 aromatic carbocycles. The molecule has 1 aliphatic heterocycles. The molecule has 1 aliphatic rings. The first-order chi connectivity index (χ1) is 13.1. The number of halogens is 1. The maximum Gasteiger partial charge on any atom is 0.265 e. The molecule has 0 spiro atoms. The molecule has 0 bridgehead atoms. The SMILES string of the molecule is O=S1(=O)c2cccc3cccc(c23)N1Cc1nc(-c2ccccc2Cl)no1. The number of rotatable bonds is 3. The van der Waals surface area contributed by atoms with Gasteiger partial charge in [-0.05, 0) is 29.7 Å². The second-order valence-corrected chi connectivity index (χ2v) is 8.37. The van der Waals surface area contributed by atoms with Gasteiger partial charge in [0, 0.05) is 10.9 Å². The molecular weight excluding hydrogens is 386 g/mol. The fourth-order valence-corrected chi connectivity index (χ4v) is 5.20. The highest BCUT2D eigenvalue weighted by Crippen LogP contribution is 2.42. The highest BCUT2D eigenvalue weighted by atomic mass is 35.5. The first kappa shape index (κ1) is 16.3. The molecule has 1 aromatic heterocycles. The van der Waals surface area contributed by atoms with E-state index in [0.717, 1.165) is 5.39 Å².